The Balaban J connectivity index is 1.40. The lowest BCUT2D eigenvalue weighted by atomic mass is 9.78. The number of nitrogens with zero attached hydrogens (tertiary/aromatic N) is 4. The molecule has 14 nitrogen and oxygen atoms in total. The first-order valence-corrected chi connectivity index (χ1v) is 13.3. The molecule has 0 bridgehead atoms. The number of aliphatic carboxylic acids is 1. The van der Waals surface area contributed by atoms with Crippen LogP contribution in [0.4, 0.5) is 0 Å². The van der Waals surface area contributed by atoms with Crippen LogP contribution in [-0.2, 0) is 19.2 Å². The second-order valence-corrected chi connectivity index (χ2v) is 11.3. The number of hydrazone groups is 1. The maximum Gasteiger partial charge on any atom is 0.353 e. The number of carboxylic acid groups (broad SMARTS) is 1. The molecule has 6 atom stereocenters. The van der Waals surface area contributed by atoms with Crippen LogP contribution in [0, 0.1) is 11.8 Å². The molecule has 0 spiro atoms. The van der Waals surface area contributed by atoms with Crippen molar-refractivity contribution in [2.45, 2.75) is 56.5 Å². The van der Waals surface area contributed by atoms with Crippen LogP contribution in [-0.4, -0.2) is 99.2 Å². The summed E-state index contributed by atoms with van der Waals surface area (Å²) in [5, 5.41) is 20.4. The van der Waals surface area contributed by atoms with Gasteiger partial charge in [-0.1, -0.05) is 6.92 Å². The molecule has 4 aliphatic rings. The number of carbonyl (C=O) groups is 4. The molecule has 204 valence electrons. The van der Waals surface area contributed by atoms with Crippen molar-refractivity contribution in [3.05, 3.63) is 10.6 Å². The molecular formula is C22H35N9O5S. The third-order valence-electron chi connectivity index (χ3n) is 7.37. The minimum Gasteiger partial charge on any atom is -0.477 e. The summed E-state index contributed by atoms with van der Waals surface area (Å²) < 4.78 is 0. The number of fused-ring (bicyclic) bond motifs is 1. The van der Waals surface area contributed by atoms with Gasteiger partial charge in [0, 0.05) is 41.7 Å². The van der Waals surface area contributed by atoms with Crippen molar-refractivity contribution in [1.29, 1.82) is 0 Å². The summed E-state index contributed by atoms with van der Waals surface area (Å²) in [5.74, 6) is 2.55. The Morgan fingerprint density at radius 2 is 1.97 bits per heavy atom. The van der Waals surface area contributed by atoms with Gasteiger partial charge in [0.15, 0.2) is 0 Å². The fourth-order valence-electron chi connectivity index (χ4n) is 5.74. The second-order valence-electron chi connectivity index (χ2n) is 9.98. The number of hydrazine groups is 1. The summed E-state index contributed by atoms with van der Waals surface area (Å²) in [6.07, 6.45) is 2.65. The highest BCUT2D eigenvalue weighted by Crippen LogP contribution is 2.51. The van der Waals surface area contributed by atoms with Crippen molar-refractivity contribution >= 4 is 41.4 Å². The SMILES string of the molecule is C[C@H]1C(S[C@@H]2CN[C@H](C(=O)N3CCCC3)C2)=C(C(=O)O)N2C(=O)[C@H]([C@@H](C)NC(=O)CN(N)N=C(N)N)C12. The first-order valence-electron chi connectivity index (χ1n) is 12.4. The van der Waals surface area contributed by atoms with E-state index in [0.29, 0.717) is 17.9 Å². The van der Waals surface area contributed by atoms with E-state index in [1.165, 1.54) is 16.7 Å². The van der Waals surface area contributed by atoms with Crippen molar-refractivity contribution < 1.29 is 24.3 Å². The Morgan fingerprint density at radius 3 is 2.59 bits per heavy atom. The standard InChI is InChI=1S/C22H35N9O5S/c1-10-16-15(11(2)27-14(32)9-30(25)28-22(23)24)20(34)31(16)17(21(35)36)18(10)37-12-7-13(26-8-12)19(33)29-5-3-4-6-29/h10-13,15-16,26H,3-9,25H2,1-2H3,(H,27,32)(H,35,36)(H4,23,24,28)/t10-,11-,12+,13+,15-,16?/m1/s1. The van der Waals surface area contributed by atoms with E-state index in [-0.39, 0.29) is 53.3 Å². The zero-order chi connectivity index (χ0) is 27.0. The number of rotatable bonds is 9. The molecule has 4 aliphatic heterocycles. The maximum absolute atomic E-state index is 13.1. The summed E-state index contributed by atoms with van der Waals surface area (Å²) in [6, 6.07) is -1.23. The van der Waals surface area contributed by atoms with E-state index in [1.807, 2.05) is 11.8 Å². The van der Waals surface area contributed by atoms with Gasteiger partial charge in [-0.25, -0.2) is 15.8 Å². The number of thioether (sulfide) groups is 1. The lowest BCUT2D eigenvalue weighted by molar-refractivity contribution is -0.158. The Kier molecular flexibility index (Phi) is 7.85. The normalized spacial score (nSPS) is 29.6. The van der Waals surface area contributed by atoms with E-state index < -0.39 is 23.8 Å². The molecule has 37 heavy (non-hydrogen) atoms. The summed E-state index contributed by atoms with van der Waals surface area (Å²) in [6.45, 7) is 5.43. The fraction of sp³-hybridized carbons (Fsp3) is 0.682. The number of likely N-dealkylation sites (tertiary alicyclic amines) is 1. The fourth-order valence-corrected chi connectivity index (χ4v) is 7.21. The Labute approximate surface area is 218 Å². The number of nitrogens with one attached hydrogen (secondary N) is 2. The van der Waals surface area contributed by atoms with Gasteiger partial charge < -0.3 is 37.0 Å². The maximum atomic E-state index is 13.1. The van der Waals surface area contributed by atoms with E-state index in [1.54, 1.807) is 6.92 Å². The van der Waals surface area contributed by atoms with Gasteiger partial charge in [-0.2, -0.15) is 0 Å². The minimum atomic E-state index is -1.16. The molecule has 4 heterocycles. The molecule has 9 N–H and O–H groups in total. The molecule has 15 heteroatoms. The highest BCUT2D eigenvalue weighted by Gasteiger charge is 2.60. The van der Waals surface area contributed by atoms with Crippen molar-refractivity contribution in [2.75, 3.05) is 26.2 Å². The Morgan fingerprint density at radius 1 is 1.30 bits per heavy atom. The van der Waals surface area contributed by atoms with Crippen molar-refractivity contribution in [3.63, 3.8) is 0 Å². The van der Waals surface area contributed by atoms with Gasteiger partial charge in [-0.05, 0) is 26.2 Å². The number of β-lactam (4-membered cyclic amide) rings is 1. The largest absolute Gasteiger partial charge is 0.477 e. The zero-order valence-corrected chi connectivity index (χ0v) is 21.7. The van der Waals surface area contributed by atoms with E-state index >= 15 is 0 Å². The van der Waals surface area contributed by atoms with Gasteiger partial charge >= 0.3 is 5.97 Å². The van der Waals surface area contributed by atoms with Crippen LogP contribution in [0.3, 0.4) is 0 Å². The molecule has 3 saturated heterocycles. The predicted molar refractivity (Wildman–Crippen MR) is 136 cm³/mol. The number of nitrogens with two attached hydrogens (primary N) is 3. The molecule has 1 unspecified atom stereocenters. The molecular weight excluding hydrogens is 502 g/mol. The van der Waals surface area contributed by atoms with Crippen molar-refractivity contribution in [3.8, 4) is 0 Å². The van der Waals surface area contributed by atoms with Crippen LogP contribution in [0.1, 0.15) is 33.1 Å². The highest BCUT2D eigenvalue weighted by molar-refractivity contribution is 8.03. The lowest BCUT2D eigenvalue weighted by Gasteiger charge is -2.47. The van der Waals surface area contributed by atoms with Gasteiger partial charge in [0.25, 0.3) is 0 Å². The van der Waals surface area contributed by atoms with E-state index in [4.69, 9.17) is 17.3 Å². The summed E-state index contributed by atoms with van der Waals surface area (Å²) in [5.41, 5.74) is 10.5. The summed E-state index contributed by atoms with van der Waals surface area (Å²) in [7, 11) is 0. The lowest BCUT2D eigenvalue weighted by Crippen LogP contribution is -2.66. The molecule has 0 aromatic carbocycles. The quantitative estimate of drug-likeness (QED) is 0.0605. The number of amides is 3. The van der Waals surface area contributed by atoms with Crippen LogP contribution >= 0.6 is 11.8 Å². The van der Waals surface area contributed by atoms with E-state index in [9.17, 15) is 24.3 Å². The zero-order valence-electron chi connectivity index (χ0n) is 20.9. The van der Waals surface area contributed by atoms with Gasteiger partial charge in [0.1, 0.15) is 12.2 Å². The smallest absolute Gasteiger partial charge is 0.353 e. The van der Waals surface area contributed by atoms with Crippen LogP contribution in [0.25, 0.3) is 0 Å². The molecule has 3 fully saturated rings. The monoisotopic (exact) mass is 537 g/mol. The number of carboxylic acids is 1. The topological polar surface area (TPSA) is 213 Å². The average molecular weight is 538 g/mol. The molecule has 0 aliphatic carbocycles. The number of hydrogen-bond acceptors (Lipinski definition) is 9. The Bertz CT molecular complexity index is 1030. The van der Waals surface area contributed by atoms with Crippen LogP contribution in [0.2, 0.25) is 0 Å². The van der Waals surface area contributed by atoms with Gasteiger partial charge in [0.05, 0.1) is 18.0 Å². The van der Waals surface area contributed by atoms with E-state index in [0.717, 1.165) is 31.0 Å². The third-order valence-corrected chi connectivity index (χ3v) is 8.88. The molecule has 0 aromatic rings. The molecule has 3 amide bonds. The second kappa shape index (κ2) is 10.8. The van der Waals surface area contributed by atoms with Crippen LogP contribution in [0.5, 0.6) is 0 Å². The average Bonchev–Trinajstić information content (AvgIpc) is 3.53. The summed E-state index contributed by atoms with van der Waals surface area (Å²) >= 11 is 1.44. The number of carbonyl (C=O) groups excluding carboxylic acids is 3. The first kappa shape index (κ1) is 27.0. The third kappa shape index (κ3) is 5.33. The Hall–Kier alpha value is -3.04. The van der Waals surface area contributed by atoms with Gasteiger partial charge in [-0.3, -0.25) is 14.4 Å². The number of guanidine groups is 1. The van der Waals surface area contributed by atoms with Crippen molar-refractivity contribution in [1.82, 2.24) is 25.6 Å². The highest BCUT2D eigenvalue weighted by atomic mass is 32.2. The van der Waals surface area contributed by atoms with Crippen molar-refractivity contribution in [2.24, 2.45) is 34.2 Å². The van der Waals surface area contributed by atoms with E-state index in [2.05, 4.69) is 15.7 Å². The first-order chi connectivity index (χ1) is 17.5. The van der Waals surface area contributed by atoms with Crippen LogP contribution < -0.4 is 27.9 Å². The minimum absolute atomic E-state index is 0.00233. The molecule has 0 saturated carbocycles. The van der Waals surface area contributed by atoms with Crippen LogP contribution in [0.15, 0.2) is 15.7 Å². The molecule has 0 radical (unpaired) electrons. The molecule has 4 rings (SSSR count). The predicted octanol–water partition coefficient (Wildman–Crippen LogP) is -2.29. The molecule has 0 aromatic heterocycles. The van der Waals surface area contributed by atoms with Gasteiger partial charge in [-0.15, -0.1) is 16.9 Å². The number of hydrogen-bond donors (Lipinski definition) is 6. The summed E-state index contributed by atoms with van der Waals surface area (Å²) in [4.78, 5) is 54.3. The van der Waals surface area contributed by atoms with Gasteiger partial charge in [0.2, 0.25) is 23.7 Å².